The van der Waals surface area contributed by atoms with Crippen molar-refractivity contribution in [3.63, 3.8) is 0 Å². The maximum atomic E-state index is 6.42. The average molecular weight is 239 g/mol. The van der Waals surface area contributed by atoms with Gasteiger partial charge in [-0.25, -0.2) is 0 Å². The van der Waals surface area contributed by atoms with Gasteiger partial charge < -0.3 is 15.2 Å². The van der Waals surface area contributed by atoms with Crippen LogP contribution in [0.3, 0.4) is 0 Å². The maximum absolute atomic E-state index is 6.42. The van der Waals surface area contributed by atoms with Crippen LogP contribution in [0, 0.1) is 5.92 Å². The SMILES string of the molecule is CCOC1(C(N)C2=CCCO2)CCCC(C)C1. The van der Waals surface area contributed by atoms with Gasteiger partial charge in [0, 0.05) is 13.0 Å². The van der Waals surface area contributed by atoms with Gasteiger partial charge in [0.2, 0.25) is 0 Å². The van der Waals surface area contributed by atoms with Gasteiger partial charge >= 0.3 is 0 Å². The minimum Gasteiger partial charge on any atom is -0.496 e. The van der Waals surface area contributed by atoms with Gasteiger partial charge in [0.05, 0.1) is 18.2 Å². The minimum atomic E-state index is -0.192. The van der Waals surface area contributed by atoms with Gasteiger partial charge in [-0.15, -0.1) is 0 Å². The van der Waals surface area contributed by atoms with Crippen molar-refractivity contribution in [1.82, 2.24) is 0 Å². The molecule has 2 rings (SSSR count). The van der Waals surface area contributed by atoms with Crippen LogP contribution in [0.1, 0.15) is 46.0 Å². The Morgan fingerprint density at radius 2 is 2.47 bits per heavy atom. The molecule has 1 saturated carbocycles. The molecule has 2 N–H and O–H groups in total. The molecular formula is C14H25NO2. The quantitative estimate of drug-likeness (QED) is 0.820. The third kappa shape index (κ3) is 2.66. The van der Waals surface area contributed by atoms with Crippen LogP contribution in [-0.4, -0.2) is 24.9 Å². The van der Waals surface area contributed by atoms with Crippen molar-refractivity contribution in [2.24, 2.45) is 11.7 Å². The Labute approximate surface area is 104 Å². The van der Waals surface area contributed by atoms with Gasteiger partial charge in [-0.05, 0) is 31.8 Å². The molecule has 17 heavy (non-hydrogen) atoms. The molecule has 3 unspecified atom stereocenters. The summed E-state index contributed by atoms with van der Waals surface area (Å²) < 4.78 is 11.7. The van der Waals surface area contributed by atoms with Crippen LogP contribution in [0.4, 0.5) is 0 Å². The first-order valence-corrected chi connectivity index (χ1v) is 6.90. The fourth-order valence-electron chi connectivity index (χ4n) is 3.25. The molecule has 0 aromatic carbocycles. The van der Waals surface area contributed by atoms with Crippen LogP contribution < -0.4 is 5.73 Å². The van der Waals surface area contributed by atoms with Crippen LogP contribution >= 0.6 is 0 Å². The summed E-state index contributed by atoms with van der Waals surface area (Å²) in [7, 11) is 0. The zero-order chi connectivity index (χ0) is 12.3. The highest BCUT2D eigenvalue weighted by atomic mass is 16.5. The Balaban J connectivity index is 2.14. The van der Waals surface area contributed by atoms with Crippen molar-refractivity contribution in [2.75, 3.05) is 13.2 Å². The van der Waals surface area contributed by atoms with E-state index >= 15 is 0 Å². The lowest BCUT2D eigenvalue weighted by Gasteiger charge is -2.43. The highest BCUT2D eigenvalue weighted by Crippen LogP contribution is 2.39. The van der Waals surface area contributed by atoms with Gasteiger partial charge in [0.25, 0.3) is 0 Å². The Morgan fingerprint density at radius 3 is 3.06 bits per heavy atom. The van der Waals surface area contributed by atoms with Gasteiger partial charge in [-0.3, -0.25) is 0 Å². The van der Waals surface area contributed by atoms with Crippen LogP contribution in [0.2, 0.25) is 0 Å². The van der Waals surface area contributed by atoms with Gasteiger partial charge in [-0.1, -0.05) is 19.8 Å². The summed E-state index contributed by atoms with van der Waals surface area (Å²) in [6.45, 7) is 5.86. The molecule has 2 aliphatic rings. The second kappa shape index (κ2) is 5.40. The van der Waals surface area contributed by atoms with Gasteiger partial charge in [-0.2, -0.15) is 0 Å². The summed E-state index contributed by atoms with van der Waals surface area (Å²) in [5, 5.41) is 0. The molecule has 3 heteroatoms. The van der Waals surface area contributed by atoms with E-state index in [9.17, 15) is 0 Å². The van der Waals surface area contributed by atoms with Crippen LogP contribution in [0.15, 0.2) is 11.8 Å². The van der Waals surface area contributed by atoms with Crippen molar-refractivity contribution in [1.29, 1.82) is 0 Å². The molecule has 98 valence electrons. The molecule has 0 bridgehead atoms. The van der Waals surface area contributed by atoms with E-state index in [1.54, 1.807) is 0 Å². The largest absolute Gasteiger partial charge is 0.496 e. The first-order valence-electron chi connectivity index (χ1n) is 6.90. The molecular weight excluding hydrogens is 214 g/mol. The summed E-state index contributed by atoms with van der Waals surface area (Å²) in [6.07, 6.45) is 7.74. The molecule has 3 nitrogen and oxygen atoms in total. The topological polar surface area (TPSA) is 44.5 Å². The van der Waals surface area contributed by atoms with E-state index < -0.39 is 0 Å². The van der Waals surface area contributed by atoms with Gasteiger partial charge in [0.1, 0.15) is 5.76 Å². The summed E-state index contributed by atoms with van der Waals surface area (Å²) in [6, 6.07) is -0.0901. The van der Waals surface area contributed by atoms with E-state index in [-0.39, 0.29) is 11.6 Å². The molecule has 1 aliphatic carbocycles. The Hall–Kier alpha value is -0.540. The summed E-state index contributed by atoms with van der Waals surface area (Å²) in [5.41, 5.74) is 6.23. The number of hydrogen-bond donors (Lipinski definition) is 1. The molecule has 0 saturated heterocycles. The average Bonchev–Trinajstić information content (AvgIpc) is 2.81. The molecule has 3 atom stereocenters. The van der Waals surface area contributed by atoms with Gasteiger partial charge in [0.15, 0.2) is 0 Å². The lowest BCUT2D eigenvalue weighted by Crippen LogP contribution is -2.53. The predicted octanol–water partition coefficient (Wildman–Crippen LogP) is 2.60. The second-order valence-corrected chi connectivity index (χ2v) is 5.42. The Morgan fingerprint density at radius 1 is 1.65 bits per heavy atom. The van der Waals surface area contributed by atoms with Crippen LogP contribution in [0.25, 0.3) is 0 Å². The van der Waals surface area contributed by atoms with Crippen molar-refractivity contribution >= 4 is 0 Å². The van der Waals surface area contributed by atoms with Crippen molar-refractivity contribution in [2.45, 2.75) is 57.6 Å². The smallest absolute Gasteiger partial charge is 0.112 e. The number of nitrogens with two attached hydrogens (primary N) is 1. The fourth-order valence-corrected chi connectivity index (χ4v) is 3.25. The predicted molar refractivity (Wildman–Crippen MR) is 68.6 cm³/mol. The first kappa shape index (κ1) is 12.9. The fraction of sp³-hybridized carbons (Fsp3) is 0.857. The zero-order valence-electron chi connectivity index (χ0n) is 11.1. The molecule has 1 heterocycles. The number of hydrogen-bond acceptors (Lipinski definition) is 3. The van der Waals surface area contributed by atoms with Crippen LogP contribution in [-0.2, 0) is 9.47 Å². The lowest BCUT2D eigenvalue weighted by atomic mass is 9.74. The monoisotopic (exact) mass is 239 g/mol. The lowest BCUT2D eigenvalue weighted by molar-refractivity contribution is -0.0928. The Bertz CT molecular complexity index is 286. The summed E-state index contributed by atoms with van der Waals surface area (Å²) in [4.78, 5) is 0. The number of ether oxygens (including phenoxy) is 2. The summed E-state index contributed by atoms with van der Waals surface area (Å²) >= 11 is 0. The Kier molecular flexibility index (Phi) is 4.10. The van der Waals surface area contributed by atoms with Crippen molar-refractivity contribution in [3.05, 3.63) is 11.8 Å². The molecule has 0 radical (unpaired) electrons. The molecule has 0 spiro atoms. The van der Waals surface area contributed by atoms with Crippen LogP contribution in [0.5, 0.6) is 0 Å². The van der Waals surface area contributed by atoms with Crippen molar-refractivity contribution in [3.8, 4) is 0 Å². The normalized spacial score (nSPS) is 35.2. The number of rotatable bonds is 4. The van der Waals surface area contributed by atoms with E-state index in [2.05, 4.69) is 19.9 Å². The standard InChI is InChI=1S/C14H25NO2/c1-3-17-14(8-4-6-11(2)10-14)13(15)12-7-5-9-16-12/h7,11,13H,3-6,8-10,15H2,1-2H3. The zero-order valence-corrected chi connectivity index (χ0v) is 11.1. The first-order chi connectivity index (χ1) is 8.18. The van der Waals surface area contributed by atoms with E-state index in [4.69, 9.17) is 15.2 Å². The molecule has 1 aliphatic heterocycles. The maximum Gasteiger partial charge on any atom is 0.112 e. The third-order valence-electron chi connectivity index (χ3n) is 4.03. The molecule has 0 aromatic rings. The van der Waals surface area contributed by atoms with E-state index in [1.807, 2.05) is 0 Å². The second-order valence-electron chi connectivity index (χ2n) is 5.42. The molecule has 0 amide bonds. The molecule has 0 aromatic heterocycles. The summed E-state index contributed by atoms with van der Waals surface area (Å²) in [5.74, 6) is 1.65. The highest BCUT2D eigenvalue weighted by Gasteiger charge is 2.43. The molecule has 1 fully saturated rings. The minimum absolute atomic E-state index is 0.0901. The third-order valence-corrected chi connectivity index (χ3v) is 4.03. The van der Waals surface area contributed by atoms with Crippen molar-refractivity contribution < 1.29 is 9.47 Å². The highest BCUT2D eigenvalue weighted by molar-refractivity contribution is 5.14. The van der Waals surface area contributed by atoms with E-state index in [0.29, 0.717) is 5.92 Å². The van der Waals surface area contributed by atoms with E-state index in [0.717, 1.165) is 38.2 Å². The van der Waals surface area contributed by atoms with E-state index in [1.165, 1.54) is 12.8 Å².